The fourth-order valence-corrected chi connectivity index (χ4v) is 2.48. The van der Waals surface area contributed by atoms with Crippen LogP contribution in [0.4, 0.5) is 5.69 Å². The Morgan fingerprint density at radius 3 is 3.41 bits per heavy atom. The zero-order valence-corrected chi connectivity index (χ0v) is 10.0. The van der Waals surface area contributed by atoms with Crippen LogP contribution >= 0.6 is 0 Å². The topological polar surface area (TPSA) is 46.2 Å². The van der Waals surface area contributed by atoms with Crippen LogP contribution in [-0.4, -0.2) is 30.8 Å². The van der Waals surface area contributed by atoms with Gasteiger partial charge in [0.15, 0.2) is 0 Å². The number of hydrogen-bond acceptors (Lipinski definition) is 4. The number of hydrogen-bond donors (Lipinski definition) is 2. The van der Waals surface area contributed by atoms with Crippen LogP contribution in [0.25, 0.3) is 0 Å². The van der Waals surface area contributed by atoms with E-state index in [0.717, 1.165) is 38.3 Å². The lowest BCUT2D eigenvalue weighted by Crippen LogP contribution is -2.25. The molecule has 4 nitrogen and oxygen atoms in total. The van der Waals surface area contributed by atoms with Gasteiger partial charge < -0.3 is 15.4 Å². The molecule has 1 fully saturated rings. The van der Waals surface area contributed by atoms with Crippen LogP contribution in [0.3, 0.4) is 0 Å². The first-order valence-electron chi connectivity index (χ1n) is 6.46. The quantitative estimate of drug-likeness (QED) is 0.826. The summed E-state index contributed by atoms with van der Waals surface area (Å²) < 4.78 is 5.59. The van der Waals surface area contributed by atoms with Crippen LogP contribution in [-0.2, 0) is 17.7 Å². The van der Waals surface area contributed by atoms with E-state index in [-0.39, 0.29) is 0 Å². The lowest BCUT2D eigenvalue weighted by atomic mass is 10.1. The van der Waals surface area contributed by atoms with E-state index in [2.05, 4.69) is 21.7 Å². The predicted molar refractivity (Wildman–Crippen MR) is 67.1 cm³/mol. The van der Waals surface area contributed by atoms with E-state index < -0.39 is 0 Å². The van der Waals surface area contributed by atoms with E-state index in [0.29, 0.717) is 6.10 Å². The minimum Gasteiger partial charge on any atom is -0.381 e. The molecule has 0 aromatic carbocycles. The normalized spacial score (nSPS) is 23.4. The number of pyridine rings is 1. The summed E-state index contributed by atoms with van der Waals surface area (Å²) in [6.45, 7) is 3.80. The Bertz CT molecular complexity index is 388. The van der Waals surface area contributed by atoms with Crippen molar-refractivity contribution in [2.45, 2.75) is 31.9 Å². The van der Waals surface area contributed by atoms with Crippen molar-refractivity contribution in [3.63, 3.8) is 0 Å². The predicted octanol–water partition coefficient (Wildman–Crippen LogP) is 1.32. The number of nitrogens with one attached hydrogen (secondary N) is 2. The second kappa shape index (κ2) is 5.02. The maximum Gasteiger partial charge on any atom is 0.0748 e. The largest absolute Gasteiger partial charge is 0.381 e. The molecular weight excluding hydrogens is 214 g/mol. The van der Waals surface area contributed by atoms with Crippen molar-refractivity contribution >= 4 is 5.69 Å². The molecule has 1 unspecified atom stereocenters. The van der Waals surface area contributed by atoms with Gasteiger partial charge in [-0.1, -0.05) is 0 Å². The molecule has 17 heavy (non-hydrogen) atoms. The Kier molecular flexibility index (Phi) is 3.25. The molecule has 2 aliphatic heterocycles. The van der Waals surface area contributed by atoms with Gasteiger partial charge in [0.1, 0.15) is 0 Å². The van der Waals surface area contributed by atoms with Crippen molar-refractivity contribution in [3.8, 4) is 0 Å². The Morgan fingerprint density at radius 1 is 1.53 bits per heavy atom. The molecule has 2 N–H and O–H groups in total. The Hall–Kier alpha value is -1.13. The Labute approximate surface area is 102 Å². The summed E-state index contributed by atoms with van der Waals surface area (Å²) in [6.07, 6.45) is 5.73. The van der Waals surface area contributed by atoms with E-state index in [9.17, 15) is 0 Å². The van der Waals surface area contributed by atoms with Gasteiger partial charge in [0.2, 0.25) is 0 Å². The zero-order chi connectivity index (χ0) is 11.5. The third-order valence-electron chi connectivity index (χ3n) is 3.47. The third kappa shape index (κ3) is 2.58. The summed E-state index contributed by atoms with van der Waals surface area (Å²) in [5, 5.41) is 6.79. The van der Waals surface area contributed by atoms with Gasteiger partial charge in [0.05, 0.1) is 18.0 Å². The van der Waals surface area contributed by atoms with Crippen LogP contribution in [0, 0.1) is 0 Å². The van der Waals surface area contributed by atoms with Crippen molar-refractivity contribution in [1.82, 2.24) is 10.3 Å². The molecule has 0 aliphatic carbocycles. The molecule has 1 aromatic rings. The van der Waals surface area contributed by atoms with Crippen molar-refractivity contribution in [1.29, 1.82) is 0 Å². The molecule has 0 radical (unpaired) electrons. The summed E-state index contributed by atoms with van der Waals surface area (Å²) >= 11 is 0. The Balaban J connectivity index is 1.62. The van der Waals surface area contributed by atoms with Gasteiger partial charge in [-0.2, -0.15) is 0 Å². The number of rotatable bonds is 3. The molecule has 1 aromatic heterocycles. The fourth-order valence-electron chi connectivity index (χ4n) is 2.48. The van der Waals surface area contributed by atoms with Crippen molar-refractivity contribution < 1.29 is 4.74 Å². The van der Waals surface area contributed by atoms with Gasteiger partial charge in [0, 0.05) is 38.4 Å². The maximum absolute atomic E-state index is 5.59. The molecule has 0 amide bonds. The Morgan fingerprint density at radius 2 is 2.53 bits per heavy atom. The molecule has 3 rings (SSSR count). The monoisotopic (exact) mass is 233 g/mol. The highest BCUT2D eigenvalue weighted by Crippen LogP contribution is 2.17. The lowest BCUT2D eigenvalue weighted by Gasteiger charge is -2.18. The lowest BCUT2D eigenvalue weighted by molar-refractivity contribution is 0.120. The molecule has 0 bridgehead atoms. The smallest absolute Gasteiger partial charge is 0.0748 e. The van der Waals surface area contributed by atoms with Crippen molar-refractivity contribution in [3.05, 3.63) is 23.5 Å². The standard InChI is InChI=1S/C13H19N3O/c1-2-12(17-5-1)9-15-11-6-10-7-14-4-3-13(10)16-8-11/h6,8,12,14-15H,1-5,7,9H2. The van der Waals surface area contributed by atoms with E-state index in [1.54, 1.807) is 0 Å². The number of anilines is 1. The SMILES string of the molecule is c1nc2c(cc1NCC1CCCO1)CNCC2. The first kappa shape index (κ1) is 11.0. The maximum atomic E-state index is 5.59. The second-order valence-corrected chi connectivity index (χ2v) is 4.77. The number of ether oxygens (including phenoxy) is 1. The average Bonchev–Trinajstić information content (AvgIpc) is 2.89. The van der Waals surface area contributed by atoms with Gasteiger partial charge in [-0.25, -0.2) is 0 Å². The van der Waals surface area contributed by atoms with Crippen LogP contribution in [0.5, 0.6) is 0 Å². The van der Waals surface area contributed by atoms with Crippen LogP contribution in [0.2, 0.25) is 0 Å². The van der Waals surface area contributed by atoms with Gasteiger partial charge in [-0.05, 0) is 24.5 Å². The third-order valence-corrected chi connectivity index (χ3v) is 3.47. The number of fused-ring (bicyclic) bond motifs is 1. The van der Waals surface area contributed by atoms with Crippen molar-refractivity contribution in [2.75, 3.05) is 25.0 Å². The molecule has 4 heteroatoms. The highest BCUT2D eigenvalue weighted by atomic mass is 16.5. The summed E-state index contributed by atoms with van der Waals surface area (Å²) in [5.74, 6) is 0. The molecule has 0 spiro atoms. The van der Waals surface area contributed by atoms with Crippen LogP contribution in [0.1, 0.15) is 24.1 Å². The summed E-state index contributed by atoms with van der Waals surface area (Å²) in [5.41, 5.74) is 3.68. The van der Waals surface area contributed by atoms with Gasteiger partial charge in [0.25, 0.3) is 0 Å². The molecule has 3 heterocycles. The highest BCUT2D eigenvalue weighted by molar-refractivity contribution is 5.45. The molecule has 1 atom stereocenters. The van der Waals surface area contributed by atoms with Gasteiger partial charge >= 0.3 is 0 Å². The van der Waals surface area contributed by atoms with Crippen LogP contribution in [0.15, 0.2) is 12.3 Å². The first-order valence-corrected chi connectivity index (χ1v) is 6.46. The van der Waals surface area contributed by atoms with E-state index >= 15 is 0 Å². The minimum absolute atomic E-state index is 0.379. The highest BCUT2D eigenvalue weighted by Gasteiger charge is 2.15. The molecular formula is C13H19N3O. The summed E-state index contributed by atoms with van der Waals surface area (Å²) in [7, 11) is 0. The van der Waals surface area contributed by atoms with E-state index in [4.69, 9.17) is 4.74 Å². The van der Waals surface area contributed by atoms with Gasteiger partial charge in [-0.15, -0.1) is 0 Å². The minimum atomic E-state index is 0.379. The molecule has 92 valence electrons. The van der Waals surface area contributed by atoms with Gasteiger partial charge in [-0.3, -0.25) is 4.98 Å². The van der Waals surface area contributed by atoms with E-state index in [1.807, 2.05) is 6.20 Å². The molecule has 2 aliphatic rings. The van der Waals surface area contributed by atoms with E-state index in [1.165, 1.54) is 24.1 Å². The average molecular weight is 233 g/mol. The summed E-state index contributed by atoms with van der Waals surface area (Å²) in [6, 6.07) is 2.21. The fraction of sp³-hybridized carbons (Fsp3) is 0.615. The molecule has 1 saturated heterocycles. The van der Waals surface area contributed by atoms with Crippen LogP contribution < -0.4 is 10.6 Å². The number of nitrogens with zero attached hydrogens (tertiary/aromatic N) is 1. The second-order valence-electron chi connectivity index (χ2n) is 4.77. The zero-order valence-electron chi connectivity index (χ0n) is 10.0. The first-order chi connectivity index (χ1) is 8.42. The molecule has 0 saturated carbocycles. The summed E-state index contributed by atoms with van der Waals surface area (Å²) in [4.78, 5) is 4.52. The number of aromatic nitrogens is 1. The van der Waals surface area contributed by atoms with Crippen molar-refractivity contribution in [2.24, 2.45) is 0 Å².